The molecule has 0 heterocycles. The van der Waals surface area contributed by atoms with Gasteiger partial charge in [-0.15, -0.1) is 0 Å². The van der Waals surface area contributed by atoms with Crippen molar-refractivity contribution >= 4 is 21.6 Å². The molecule has 1 amide bonds. The molecule has 0 bridgehead atoms. The van der Waals surface area contributed by atoms with E-state index < -0.39 is 15.9 Å². The first-order valence-electron chi connectivity index (χ1n) is 7.23. The van der Waals surface area contributed by atoms with Crippen molar-refractivity contribution in [1.82, 2.24) is 4.31 Å². The lowest BCUT2D eigenvalue weighted by atomic mass is 10.1. The Labute approximate surface area is 141 Å². The van der Waals surface area contributed by atoms with Crippen LogP contribution in [0.15, 0.2) is 41.3 Å². The fourth-order valence-electron chi connectivity index (χ4n) is 2.17. The van der Waals surface area contributed by atoms with E-state index in [1.165, 1.54) is 44.4 Å². The van der Waals surface area contributed by atoms with Gasteiger partial charge in [-0.3, -0.25) is 4.79 Å². The third-order valence-electron chi connectivity index (χ3n) is 3.67. The summed E-state index contributed by atoms with van der Waals surface area (Å²) < 4.78 is 38.7. The molecule has 0 aliphatic heterocycles. The van der Waals surface area contributed by atoms with Crippen molar-refractivity contribution in [2.24, 2.45) is 0 Å². The Balaban J connectivity index is 2.39. The zero-order valence-electron chi connectivity index (χ0n) is 13.9. The van der Waals surface area contributed by atoms with Gasteiger partial charge in [0.2, 0.25) is 10.0 Å². The van der Waals surface area contributed by atoms with Gasteiger partial charge in [-0.25, -0.2) is 17.1 Å². The van der Waals surface area contributed by atoms with Crippen molar-refractivity contribution in [3.63, 3.8) is 0 Å². The van der Waals surface area contributed by atoms with Crippen LogP contribution < -0.4 is 5.32 Å². The molecule has 2 rings (SSSR count). The number of nitrogens with one attached hydrogen (secondary N) is 1. The van der Waals surface area contributed by atoms with Gasteiger partial charge in [0, 0.05) is 25.3 Å². The average molecular weight is 350 g/mol. The van der Waals surface area contributed by atoms with Gasteiger partial charge in [-0.1, -0.05) is 6.07 Å². The highest BCUT2D eigenvalue weighted by Crippen LogP contribution is 2.21. The van der Waals surface area contributed by atoms with Crippen LogP contribution in [-0.4, -0.2) is 32.7 Å². The fourth-order valence-corrected chi connectivity index (χ4v) is 3.10. The molecular weight excluding hydrogens is 331 g/mol. The van der Waals surface area contributed by atoms with Gasteiger partial charge in [0.1, 0.15) is 5.82 Å². The monoisotopic (exact) mass is 350 g/mol. The van der Waals surface area contributed by atoms with E-state index in [9.17, 15) is 17.6 Å². The van der Waals surface area contributed by atoms with E-state index in [2.05, 4.69) is 5.32 Å². The lowest BCUT2D eigenvalue weighted by molar-refractivity contribution is 0.102. The smallest absolute Gasteiger partial charge is 0.255 e. The Morgan fingerprint density at radius 1 is 1.04 bits per heavy atom. The number of halogens is 1. The summed E-state index contributed by atoms with van der Waals surface area (Å²) in [5.74, 6) is -0.834. The molecule has 0 aliphatic carbocycles. The number of aryl methyl sites for hydroxylation is 2. The molecule has 2 aromatic carbocycles. The summed E-state index contributed by atoms with van der Waals surface area (Å²) >= 11 is 0. The van der Waals surface area contributed by atoms with Crippen molar-refractivity contribution in [3.05, 3.63) is 58.9 Å². The van der Waals surface area contributed by atoms with E-state index in [1.807, 2.05) is 0 Å². The van der Waals surface area contributed by atoms with Crippen molar-refractivity contribution in [3.8, 4) is 0 Å². The molecule has 1 N–H and O–H groups in total. The summed E-state index contributed by atoms with van der Waals surface area (Å²) in [4.78, 5) is 12.5. The summed E-state index contributed by atoms with van der Waals surface area (Å²) in [5.41, 5.74) is 1.95. The Morgan fingerprint density at radius 3 is 2.29 bits per heavy atom. The summed E-state index contributed by atoms with van der Waals surface area (Å²) in [5, 5.41) is 2.69. The van der Waals surface area contributed by atoms with Crippen molar-refractivity contribution in [2.75, 3.05) is 19.4 Å². The summed E-state index contributed by atoms with van der Waals surface area (Å²) in [7, 11) is -0.778. The second-order valence-corrected chi connectivity index (χ2v) is 7.83. The maximum atomic E-state index is 13.1. The zero-order chi connectivity index (χ0) is 18.1. The summed E-state index contributed by atoms with van der Waals surface area (Å²) in [6.07, 6.45) is 0. The van der Waals surface area contributed by atoms with Gasteiger partial charge < -0.3 is 5.32 Å². The van der Waals surface area contributed by atoms with E-state index in [0.29, 0.717) is 16.8 Å². The highest BCUT2D eigenvalue weighted by molar-refractivity contribution is 7.89. The second kappa shape index (κ2) is 6.70. The van der Waals surface area contributed by atoms with Crippen molar-refractivity contribution < 1.29 is 17.6 Å². The van der Waals surface area contributed by atoms with Gasteiger partial charge in [0.25, 0.3) is 5.91 Å². The molecule has 0 aromatic heterocycles. The number of amides is 1. The maximum absolute atomic E-state index is 13.1. The first-order chi connectivity index (χ1) is 11.1. The largest absolute Gasteiger partial charge is 0.322 e. The molecule has 0 aliphatic rings. The summed E-state index contributed by atoms with van der Waals surface area (Å²) in [6, 6.07) is 8.43. The van der Waals surface area contributed by atoms with Gasteiger partial charge in [-0.2, -0.15) is 0 Å². The molecule has 0 unspecified atom stereocenters. The Hall–Kier alpha value is -2.25. The van der Waals surface area contributed by atoms with Gasteiger partial charge in [0.15, 0.2) is 0 Å². The molecule has 0 spiro atoms. The topological polar surface area (TPSA) is 66.5 Å². The number of rotatable bonds is 4. The van der Waals surface area contributed by atoms with Gasteiger partial charge >= 0.3 is 0 Å². The quantitative estimate of drug-likeness (QED) is 0.922. The number of carbonyl (C=O) groups excluding carboxylic acids is 1. The van der Waals surface area contributed by atoms with Crippen molar-refractivity contribution in [2.45, 2.75) is 18.7 Å². The SMILES string of the molecule is Cc1cc(F)ccc1NC(=O)c1cc(S(=O)(=O)N(C)C)ccc1C. The van der Waals surface area contributed by atoms with E-state index in [0.717, 1.165) is 4.31 Å². The molecule has 0 atom stereocenters. The lowest BCUT2D eigenvalue weighted by Crippen LogP contribution is -2.23. The highest BCUT2D eigenvalue weighted by Gasteiger charge is 2.20. The summed E-state index contributed by atoms with van der Waals surface area (Å²) in [6.45, 7) is 3.40. The zero-order valence-corrected chi connectivity index (χ0v) is 14.7. The van der Waals surface area contributed by atoms with E-state index in [1.54, 1.807) is 19.9 Å². The second-order valence-electron chi connectivity index (χ2n) is 5.68. The first kappa shape index (κ1) is 18.1. The van der Waals surface area contributed by atoms with Crippen LogP contribution in [-0.2, 0) is 10.0 Å². The molecule has 0 saturated heterocycles. The normalized spacial score (nSPS) is 11.6. The third kappa shape index (κ3) is 3.63. The molecule has 5 nitrogen and oxygen atoms in total. The molecule has 24 heavy (non-hydrogen) atoms. The van der Waals surface area contributed by atoms with E-state index >= 15 is 0 Å². The number of carbonyl (C=O) groups is 1. The molecule has 0 radical (unpaired) electrons. The number of sulfonamides is 1. The number of anilines is 1. The number of nitrogens with zero attached hydrogens (tertiary/aromatic N) is 1. The average Bonchev–Trinajstić information content (AvgIpc) is 2.50. The van der Waals surface area contributed by atoms with Crippen LogP contribution in [0, 0.1) is 19.7 Å². The van der Waals surface area contributed by atoms with Crippen LogP contribution >= 0.6 is 0 Å². The molecule has 0 saturated carbocycles. The van der Waals surface area contributed by atoms with Crippen molar-refractivity contribution in [1.29, 1.82) is 0 Å². The minimum Gasteiger partial charge on any atom is -0.322 e. The maximum Gasteiger partial charge on any atom is 0.255 e. The van der Waals surface area contributed by atoms with Crippen LogP contribution in [0.5, 0.6) is 0 Å². The molecule has 7 heteroatoms. The van der Waals surface area contributed by atoms with Crippen LogP contribution in [0.2, 0.25) is 0 Å². The van der Waals surface area contributed by atoms with Crippen LogP contribution in [0.4, 0.5) is 10.1 Å². The minimum atomic E-state index is -3.63. The third-order valence-corrected chi connectivity index (χ3v) is 5.48. The molecule has 128 valence electrons. The number of benzene rings is 2. The minimum absolute atomic E-state index is 0.0408. The van der Waals surface area contributed by atoms with Crippen LogP contribution in [0.3, 0.4) is 0 Å². The predicted molar refractivity (Wildman–Crippen MR) is 91.1 cm³/mol. The Kier molecular flexibility index (Phi) is 5.05. The molecular formula is C17H19FN2O3S. The van der Waals surface area contributed by atoms with E-state index in [4.69, 9.17) is 0 Å². The number of hydrogen-bond acceptors (Lipinski definition) is 3. The van der Waals surface area contributed by atoms with Gasteiger partial charge in [-0.05, 0) is 55.3 Å². The highest BCUT2D eigenvalue weighted by atomic mass is 32.2. The van der Waals surface area contributed by atoms with Crippen LogP contribution in [0.1, 0.15) is 21.5 Å². The predicted octanol–water partition coefficient (Wildman–Crippen LogP) is 2.95. The standard InChI is InChI=1S/C17H19FN2O3S/c1-11-5-7-14(24(22,23)20(3)4)10-15(11)17(21)19-16-8-6-13(18)9-12(16)2/h5-10H,1-4H3,(H,19,21). The lowest BCUT2D eigenvalue weighted by Gasteiger charge is -2.14. The van der Waals surface area contributed by atoms with E-state index in [-0.39, 0.29) is 16.3 Å². The Morgan fingerprint density at radius 2 is 1.71 bits per heavy atom. The van der Waals surface area contributed by atoms with Gasteiger partial charge in [0.05, 0.1) is 4.90 Å². The Bertz CT molecular complexity index is 893. The molecule has 0 fully saturated rings. The fraction of sp³-hybridized carbons (Fsp3) is 0.235. The van der Waals surface area contributed by atoms with Crippen LogP contribution in [0.25, 0.3) is 0 Å². The number of hydrogen-bond donors (Lipinski definition) is 1. The molecule has 2 aromatic rings. The first-order valence-corrected chi connectivity index (χ1v) is 8.67.